The first-order chi connectivity index (χ1) is 16.0. The third kappa shape index (κ3) is 4.44. The van der Waals surface area contributed by atoms with Crippen LogP contribution in [-0.2, 0) is 4.74 Å². The molecule has 1 amide bonds. The van der Waals surface area contributed by atoms with Crippen molar-refractivity contribution in [1.29, 1.82) is 0 Å². The average molecular weight is 489 g/mol. The zero-order valence-corrected chi connectivity index (χ0v) is 20.0. The summed E-state index contributed by atoms with van der Waals surface area (Å²) >= 11 is 7.55. The summed E-state index contributed by atoms with van der Waals surface area (Å²) in [5, 5.41) is 0.964. The van der Waals surface area contributed by atoms with Crippen LogP contribution >= 0.6 is 22.9 Å². The predicted octanol–water partition coefficient (Wildman–Crippen LogP) is 4.70. The number of anilines is 1. The van der Waals surface area contributed by atoms with Gasteiger partial charge in [-0.05, 0) is 61.9 Å². The number of hydrogen-bond acceptors (Lipinski definition) is 8. The molecule has 0 aromatic carbocycles. The Labute approximate surface area is 200 Å². The Kier molecular flexibility index (Phi) is 6.25. The number of nitrogens with zero attached hydrogens (tertiary/aromatic N) is 4. The molecule has 0 N–H and O–H groups in total. The molecule has 4 heterocycles. The number of rotatable bonds is 4. The Balaban J connectivity index is 1.37. The summed E-state index contributed by atoms with van der Waals surface area (Å²) < 4.78 is 11.0. The summed E-state index contributed by atoms with van der Waals surface area (Å²) in [4.78, 5) is 39.5. The van der Waals surface area contributed by atoms with Gasteiger partial charge < -0.3 is 19.0 Å². The fourth-order valence-electron chi connectivity index (χ4n) is 4.58. The minimum atomic E-state index is -0.293. The number of aromatic nitrogens is 2. The maximum absolute atomic E-state index is 12.9. The van der Waals surface area contributed by atoms with Crippen molar-refractivity contribution in [3.8, 4) is 0 Å². The van der Waals surface area contributed by atoms with Gasteiger partial charge in [0, 0.05) is 26.2 Å². The van der Waals surface area contributed by atoms with Crippen LogP contribution in [0, 0.1) is 6.92 Å². The number of amides is 1. The van der Waals surface area contributed by atoms with Crippen LogP contribution in [0.3, 0.4) is 0 Å². The van der Waals surface area contributed by atoms with E-state index in [9.17, 15) is 9.59 Å². The summed E-state index contributed by atoms with van der Waals surface area (Å²) in [5.74, 6) is 0.620. The summed E-state index contributed by atoms with van der Waals surface area (Å²) in [7, 11) is 0. The van der Waals surface area contributed by atoms with Gasteiger partial charge in [0.1, 0.15) is 21.6 Å². The van der Waals surface area contributed by atoms with E-state index in [4.69, 9.17) is 20.8 Å². The highest BCUT2D eigenvalue weighted by Gasteiger charge is 2.29. The van der Waals surface area contributed by atoms with Crippen molar-refractivity contribution < 1.29 is 18.7 Å². The standard InChI is InChI=1S/C23H25ClN4O4S/c1-14-17-19(27-9-11-28(12-10-27)21(29)16-8-5-13-31-16)25-23(24)26-20(17)33-18(14)22(30)32-15-6-3-2-4-7-15/h5,8,13,15H,2-4,6-7,9-12H2,1H3. The number of hydrogen-bond donors (Lipinski definition) is 0. The molecule has 1 aliphatic carbocycles. The predicted molar refractivity (Wildman–Crippen MR) is 126 cm³/mol. The van der Waals surface area contributed by atoms with E-state index in [0.717, 1.165) is 36.6 Å². The molecule has 2 fully saturated rings. The Morgan fingerprint density at radius 1 is 1.15 bits per heavy atom. The molecule has 0 bridgehead atoms. The van der Waals surface area contributed by atoms with Crippen LogP contribution in [0.1, 0.15) is 57.9 Å². The van der Waals surface area contributed by atoms with Crippen LogP contribution in [0.15, 0.2) is 22.8 Å². The molecular formula is C23H25ClN4O4S. The molecule has 0 spiro atoms. The van der Waals surface area contributed by atoms with Crippen molar-refractivity contribution in [3.05, 3.63) is 39.9 Å². The van der Waals surface area contributed by atoms with Crippen LogP contribution in [0.25, 0.3) is 10.2 Å². The van der Waals surface area contributed by atoms with Crippen LogP contribution < -0.4 is 4.90 Å². The third-order valence-corrected chi connectivity index (χ3v) is 7.69. The van der Waals surface area contributed by atoms with Gasteiger partial charge in [-0.1, -0.05) is 6.42 Å². The highest BCUT2D eigenvalue weighted by atomic mass is 35.5. The number of aryl methyl sites for hydroxylation is 1. The molecule has 0 radical (unpaired) electrons. The lowest BCUT2D eigenvalue weighted by molar-refractivity contribution is 0.0216. The molecule has 8 nitrogen and oxygen atoms in total. The fraction of sp³-hybridized carbons (Fsp3) is 0.478. The number of carbonyl (C=O) groups excluding carboxylic acids is 2. The molecular weight excluding hydrogens is 464 g/mol. The smallest absolute Gasteiger partial charge is 0.348 e. The molecule has 0 atom stereocenters. The van der Waals surface area contributed by atoms with Gasteiger partial charge in [0.2, 0.25) is 5.28 Å². The Hall–Kier alpha value is -2.65. The number of halogens is 1. The quantitative estimate of drug-likeness (QED) is 0.388. The summed E-state index contributed by atoms with van der Waals surface area (Å²) in [6.07, 6.45) is 6.74. The topological polar surface area (TPSA) is 88.8 Å². The van der Waals surface area contributed by atoms with Gasteiger partial charge in [-0.2, -0.15) is 4.98 Å². The highest BCUT2D eigenvalue weighted by Crippen LogP contribution is 2.37. The van der Waals surface area contributed by atoms with E-state index in [1.54, 1.807) is 17.0 Å². The van der Waals surface area contributed by atoms with Gasteiger partial charge in [0.15, 0.2) is 5.76 Å². The molecule has 174 valence electrons. The molecule has 1 saturated heterocycles. The summed E-state index contributed by atoms with van der Waals surface area (Å²) in [6, 6.07) is 3.38. The number of carbonyl (C=O) groups is 2. The van der Waals surface area contributed by atoms with Crippen molar-refractivity contribution in [1.82, 2.24) is 14.9 Å². The second-order valence-corrected chi connectivity index (χ2v) is 9.81. The largest absolute Gasteiger partial charge is 0.459 e. The molecule has 1 saturated carbocycles. The van der Waals surface area contributed by atoms with Gasteiger partial charge in [-0.25, -0.2) is 9.78 Å². The van der Waals surface area contributed by atoms with Crippen molar-refractivity contribution in [3.63, 3.8) is 0 Å². The monoisotopic (exact) mass is 488 g/mol. The van der Waals surface area contributed by atoms with Crippen molar-refractivity contribution in [2.75, 3.05) is 31.1 Å². The maximum Gasteiger partial charge on any atom is 0.348 e. The molecule has 0 unspecified atom stereocenters. The van der Waals surface area contributed by atoms with E-state index in [1.807, 2.05) is 6.92 Å². The minimum absolute atomic E-state index is 0.00946. The number of fused-ring (bicyclic) bond motifs is 1. The molecule has 10 heteroatoms. The van der Waals surface area contributed by atoms with E-state index < -0.39 is 0 Å². The summed E-state index contributed by atoms with van der Waals surface area (Å²) in [5.41, 5.74) is 0.816. The third-order valence-electron chi connectivity index (χ3n) is 6.35. The average Bonchev–Trinajstić information content (AvgIpc) is 3.47. The van der Waals surface area contributed by atoms with Crippen molar-refractivity contribution in [2.24, 2.45) is 0 Å². The Bertz CT molecular complexity index is 1170. The highest BCUT2D eigenvalue weighted by molar-refractivity contribution is 7.20. The lowest BCUT2D eigenvalue weighted by Crippen LogP contribution is -2.49. The van der Waals surface area contributed by atoms with Crippen LogP contribution in [0.2, 0.25) is 5.28 Å². The normalized spacial score (nSPS) is 17.5. The van der Waals surface area contributed by atoms with Crippen molar-refractivity contribution in [2.45, 2.75) is 45.1 Å². The molecule has 5 rings (SSSR count). The first-order valence-corrected chi connectivity index (χ1v) is 12.5. The van der Waals surface area contributed by atoms with E-state index in [-0.39, 0.29) is 23.3 Å². The number of piperazine rings is 1. The number of esters is 1. The summed E-state index contributed by atoms with van der Waals surface area (Å²) in [6.45, 7) is 4.15. The number of ether oxygens (including phenoxy) is 1. The molecule has 2 aliphatic rings. The van der Waals surface area contributed by atoms with E-state index in [0.29, 0.717) is 47.5 Å². The van der Waals surface area contributed by atoms with Crippen LogP contribution in [0.4, 0.5) is 5.82 Å². The molecule has 1 aliphatic heterocycles. The van der Waals surface area contributed by atoms with Gasteiger partial charge in [-0.3, -0.25) is 4.79 Å². The van der Waals surface area contributed by atoms with Gasteiger partial charge in [-0.15, -0.1) is 11.3 Å². The van der Waals surface area contributed by atoms with Gasteiger partial charge in [0.25, 0.3) is 5.91 Å². The first kappa shape index (κ1) is 22.2. The molecule has 3 aromatic rings. The fourth-order valence-corrected chi connectivity index (χ4v) is 5.85. The zero-order chi connectivity index (χ0) is 22.9. The van der Waals surface area contributed by atoms with E-state index in [2.05, 4.69) is 14.9 Å². The lowest BCUT2D eigenvalue weighted by Gasteiger charge is -2.35. The van der Waals surface area contributed by atoms with E-state index >= 15 is 0 Å². The second kappa shape index (κ2) is 9.30. The van der Waals surface area contributed by atoms with Gasteiger partial charge in [0.05, 0.1) is 11.6 Å². The van der Waals surface area contributed by atoms with E-state index in [1.165, 1.54) is 24.0 Å². The Morgan fingerprint density at radius 2 is 1.91 bits per heavy atom. The van der Waals surface area contributed by atoms with Crippen LogP contribution in [0.5, 0.6) is 0 Å². The maximum atomic E-state index is 12.9. The van der Waals surface area contributed by atoms with Crippen LogP contribution in [-0.4, -0.2) is 59.0 Å². The second-order valence-electron chi connectivity index (χ2n) is 8.47. The Morgan fingerprint density at radius 3 is 2.61 bits per heavy atom. The number of furan rings is 1. The molecule has 33 heavy (non-hydrogen) atoms. The number of thiophene rings is 1. The van der Waals surface area contributed by atoms with Crippen molar-refractivity contribution >= 4 is 50.8 Å². The lowest BCUT2D eigenvalue weighted by atomic mass is 9.98. The first-order valence-electron chi connectivity index (χ1n) is 11.3. The minimum Gasteiger partial charge on any atom is -0.459 e. The van der Waals surface area contributed by atoms with Gasteiger partial charge >= 0.3 is 5.97 Å². The molecule has 3 aromatic heterocycles. The zero-order valence-electron chi connectivity index (χ0n) is 18.4. The SMILES string of the molecule is Cc1c(C(=O)OC2CCCCC2)sc2nc(Cl)nc(N3CCN(C(=O)c4ccco4)CC3)c12.